The summed E-state index contributed by atoms with van der Waals surface area (Å²) in [5.74, 6) is 0. The third kappa shape index (κ3) is 46.7. The Bertz CT molecular complexity index is 464. The third-order valence-corrected chi connectivity index (χ3v) is 7.76. The molecule has 35 heavy (non-hydrogen) atoms. The Morgan fingerprint density at radius 2 is 0.686 bits per heavy atom. The largest absolute Gasteiger partial charge is 4.00 e. The second kappa shape index (κ2) is 31.1. The third-order valence-electron chi connectivity index (χ3n) is 5.49. The van der Waals surface area contributed by atoms with Gasteiger partial charge in [0.25, 0.3) is 0 Å². The molecule has 0 aromatic heterocycles. The molecule has 210 valence electrons. The van der Waals surface area contributed by atoms with Crippen molar-refractivity contribution in [1.82, 2.24) is 0 Å². The number of unbranched alkanes of at least 4 members (excludes halogenated alkanes) is 18. The van der Waals surface area contributed by atoms with E-state index >= 15 is 0 Å². The molecule has 0 aromatic carbocycles. The number of hydrogen-bond acceptors (Lipinski definition) is 8. The Hall–Kier alpha value is 2.53. The quantitative estimate of drug-likeness (QED) is 0.0437. The first-order valence-electron chi connectivity index (χ1n) is 13.5. The molecule has 2 atom stereocenters. The average molecular weight is 689 g/mol. The van der Waals surface area contributed by atoms with Crippen molar-refractivity contribution in [3.05, 3.63) is 0 Å². The summed E-state index contributed by atoms with van der Waals surface area (Å²) in [5.41, 5.74) is -6.15. The van der Waals surface area contributed by atoms with Crippen molar-refractivity contribution in [3.8, 4) is 0 Å². The topological polar surface area (TPSA) is 64.6 Å². The van der Waals surface area contributed by atoms with Gasteiger partial charge in [-0.2, -0.15) is 0 Å². The van der Waals surface area contributed by atoms with Gasteiger partial charge in [-0.15, -0.1) is 35.0 Å². The van der Waals surface area contributed by atoms with E-state index in [0.29, 0.717) is 13.2 Å². The van der Waals surface area contributed by atoms with Gasteiger partial charge in [0.2, 0.25) is 0 Å². The molecule has 0 aliphatic carbocycles. The van der Waals surface area contributed by atoms with Crippen molar-refractivity contribution in [1.29, 1.82) is 0 Å². The molecule has 0 spiro atoms. The molecule has 4 nitrogen and oxygen atoms in total. The fourth-order valence-corrected chi connectivity index (χ4v) is 5.13. The number of hydrogen-bond donors (Lipinski definition) is 0. The molecule has 0 saturated heterocycles. The average Bonchev–Trinajstić information content (AvgIpc) is 2.75. The van der Waals surface area contributed by atoms with Crippen molar-refractivity contribution in [2.24, 2.45) is 0 Å². The molecule has 0 radical (unpaired) electrons. The van der Waals surface area contributed by atoms with Crippen LogP contribution < -0.4 is 9.79 Å². The standard InChI is InChI=1S/2C12H27O2PS2.Mo/c2*1-2-3-4-5-6-7-8-9-10-11-12-14-15(13,16)17;/h2*2-12H2,1H3,(H2,13,16,17);/q;;+4/p-4. The van der Waals surface area contributed by atoms with Gasteiger partial charge in [-0.3, -0.25) is 0 Å². The van der Waals surface area contributed by atoms with Crippen molar-refractivity contribution in [2.45, 2.75) is 142 Å². The zero-order chi connectivity index (χ0) is 26.0. The molecule has 0 aliphatic heterocycles. The smallest absolute Gasteiger partial charge is 0.819 e. The summed E-state index contributed by atoms with van der Waals surface area (Å²) in [6.07, 6.45) is 25.5. The van der Waals surface area contributed by atoms with Crippen LogP contribution in [0.15, 0.2) is 0 Å². The van der Waals surface area contributed by atoms with Gasteiger partial charge < -0.3 is 43.3 Å². The molecular formula is C24H50MoO4P2S4. The maximum absolute atomic E-state index is 10.9. The summed E-state index contributed by atoms with van der Waals surface area (Å²) >= 11 is 18.0. The van der Waals surface area contributed by atoms with Gasteiger partial charge in [-0.1, -0.05) is 129 Å². The van der Waals surface area contributed by atoms with E-state index in [1.807, 2.05) is 0 Å². The van der Waals surface area contributed by atoms with Crippen LogP contribution in [0.2, 0.25) is 0 Å². The van der Waals surface area contributed by atoms with E-state index in [1.54, 1.807) is 0 Å². The van der Waals surface area contributed by atoms with Gasteiger partial charge in [0, 0.05) is 13.2 Å². The van der Waals surface area contributed by atoms with Crippen molar-refractivity contribution in [2.75, 3.05) is 13.2 Å². The van der Waals surface area contributed by atoms with Crippen LogP contribution in [-0.2, 0) is 78.2 Å². The van der Waals surface area contributed by atoms with Crippen LogP contribution in [-0.4, -0.2) is 13.2 Å². The molecule has 0 aromatic rings. The Morgan fingerprint density at radius 3 is 0.886 bits per heavy atom. The maximum atomic E-state index is 10.9. The van der Waals surface area contributed by atoms with Crippen molar-refractivity contribution < 1.29 is 39.9 Å². The van der Waals surface area contributed by atoms with E-state index in [4.69, 9.17) is 9.05 Å². The second-order valence-corrected chi connectivity index (χ2v) is 18.4. The second-order valence-electron chi connectivity index (χ2n) is 8.92. The van der Waals surface area contributed by atoms with E-state index in [1.165, 1.54) is 103 Å². The van der Waals surface area contributed by atoms with Gasteiger partial charge in [-0.05, 0) is 12.8 Å². The zero-order valence-electron chi connectivity index (χ0n) is 22.1. The first kappa shape index (κ1) is 42.0. The number of rotatable bonds is 24. The summed E-state index contributed by atoms with van der Waals surface area (Å²) in [6, 6.07) is 0. The molecular weight excluding hydrogens is 638 g/mol. The zero-order valence-corrected chi connectivity index (χ0v) is 29.2. The minimum absolute atomic E-state index is 0. The van der Waals surface area contributed by atoms with Gasteiger partial charge in [0.05, 0.1) is 0 Å². The monoisotopic (exact) mass is 690 g/mol. The predicted molar refractivity (Wildman–Crippen MR) is 159 cm³/mol. The summed E-state index contributed by atoms with van der Waals surface area (Å²) in [4.78, 5) is 21.8. The van der Waals surface area contributed by atoms with Crippen LogP contribution in [0.4, 0.5) is 0 Å². The fraction of sp³-hybridized carbons (Fsp3) is 1.00. The van der Waals surface area contributed by atoms with Gasteiger partial charge >= 0.3 is 21.1 Å². The van der Waals surface area contributed by atoms with Gasteiger partial charge in [0.1, 0.15) is 0 Å². The molecule has 0 amide bonds. The predicted octanol–water partition coefficient (Wildman–Crippen LogP) is 8.11. The van der Waals surface area contributed by atoms with Crippen LogP contribution >= 0.6 is 11.4 Å². The molecule has 2 unspecified atom stereocenters. The minimum atomic E-state index is -3.08. The van der Waals surface area contributed by atoms with E-state index in [-0.39, 0.29) is 21.1 Å². The Morgan fingerprint density at radius 1 is 0.486 bits per heavy atom. The molecule has 0 N–H and O–H groups in total. The van der Waals surface area contributed by atoms with Crippen LogP contribution in [0.25, 0.3) is 0 Å². The first-order chi connectivity index (χ1) is 16.1. The molecule has 0 heterocycles. The molecule has 0 bridgehead atoms. The van der Waals surface area contributed by atoms with Crippen molar-refractivity contribution >= 4 is 59.5 Å². The Balaban J connectivity index is -0.000000569. The minimum Gasteiger partial charge on any atom is -0.819 e. The summed E-state index contributed by atoms with van der Waals surface area (Å²) < 4.78 is 9.77. The Kier molecular flexibility index (Phi) is 37.3. The summed E-state index contributed by atoms with van der Waals surface area (Å²) in [5, 5.41) is 0. The Labute approximate surface area is 253 Å². The van der Waals surface area contributed by atoms with Crippen LogP contribution in [0.1, 0.15) is 142 Å². The fourth-order valence-electron chi connectivity index (χ4n) is 3.53. The van der Waals surface area contributed by atoms with Crippen LogP contribution in [0.3, 0.4) is 0 Å². The molecule has 0 rings (SSSR count). The summed E-state index contributed by atoms with van der Waals surface area (Å²) in [6.45, 7) is 5.40. The van der Waals surface area contributed by atoms with E-state index in [2.05, 4.69) is 62.0 Å². The van der Waals surface area contributed by atoms with Crippen LogP contribution in [0.5, 0.6) is 0 Å². The van der Waals surface area contributed by atoms with Crippen LogP contribution in [0, 0.1) is 0 Å². The SMILES string of the molecule is CCCCCCCCCCCCOP([O-])(=S)[S-].CCCCCCCCCCCCOP([O-])(=S)[S-].[Mo+4]. The molecule has 11 heteroatoms. The van der Waals surface area contributed by atoms with Gasteiger partial charge in [0.15, 0.2) is 0 Å². The molecule has 0 aliphatic rings. The maximum Gasteiger partial charge on any atom is 4.00 e. The molecule has 0 saturated carbocycles. The van der Waals surface area contributed by atoms with Crippen molar-refractivity contribution in [3.63, 3.8) is 0 Å². The van der Waals surface area contributed by atoms with Gasteiger partial charge in [-0.25, -0.2) is 0 Å². The van der Waals surface area contributed by atoms with E-state index < -0.39 is 11.4 Å². The van der Waals surface area contributed by atoms with E-state index in [9.17, 15) is 9.79 Å². The summed E-state index contributed by atoms with van der Waals surface area (Å²) in [7, 11) is 0. The van der Waals surface area contributed by atoms with E-state index in [0.717, 1.165) is 25.7 Å². The first-order valence-corrected chi connectivity index (χ1v) is 20.8. The normalized spacial score (nSPS) is 14.3. The molecule has 0 fully saturated rings.